The summed E-state index contributed by atoms with van der Waals surface area (Å²) >= 11 is 0. The lowest BCUT2D eigenvalue weighted by Gasteiger charge is -2.20. The third kappa shape index (κ3) is 4.03. The zero-order chi connectivity index (χ0) is 17.8. The van der Waals surface area contributed by atoms with E-state index in [1.54, 1.807) is 10.7 Å². The van der Waals surface area contributed by atoms with Crippen molar-refractivity contribution in [2.45, 2.75) is 19.4 Å². The van der Waals surface area contributed by atoms with E-state index in [1.807, 2.05) is 57.4 Å². The van der Waals surface area contributed by atoms with E-state index in [1.165, 1.54) is 6.20 Å². The molecule has 2 aromatic heterocycles. The molecule has 0 amide bonds. The van der Waals surface area contributed by atoms with Gasteiger partial charge in [0.1, 0.15) is 11.7 Å². The Kier molecular flexibility index (Phi) is 5.09. The van der Waals surface area contributed by atoms with Gasteiger partial charge in [-0.1, -0.05) is 30.3 Å². The van der Waals surface area contributed by atoms with Crippen LogP contribution in [0.25, 0.3) is 5.65 Å². The van der Waals surface area contributed by atoms with Gasteiger partial charge in [-0.2, -0.15) is 5.10 Å². The molecule has 130 valence electrons. The predicted molar refractivity (Wildman–Crippen MR) is 95.5 cm³/mol. The minimum atomic E-state index is -0.402. The van der Waals surface area contributed by atoms with Gasteiger partial charge in [0.2, 0.25) is 0 Å². The van der Waals surface area contributed by atoms with E-state index >= 15 is 0 Å². The molecule has 0 aliphatic heterocycles. The number of benzene rings is 1. The second kappa shape index (κ2) is 7.44. The number of hydrogen-bond donors (Lipinski definition) is 0. The van der Waals surface area contributed by atoms with Crippen LogP contribution in [0.15, 0.2) is 48.8 Å². The summed E-state index contributed by atoms with van der Waals surface area (Å²) in [6.07, 6.45) is 3.71. The van der Waals surface area contributed by atoms with Crippen molar-refractivity contribution in [3.8, 4) is 0 Å². The number of nitrogens with zero attached hydrogens (tertiary/aromatic N) is 4. The molecule has 0 fully saturated rings. The lowest BCUT2D eigenvalue weighted by molar-refractivity contribution is 0.0263. The molecule has 6 heteroatoms. The van der Waals surface area contributed by atoms with E-state index in [0.717, 1.165) is 17.8 Å². The van der Waals surface area contributed by atoms with Crippen LogP contribution in [0, 0.1) is 6.92 Å². The first kappa shape index (κ1) is 17.1. The fourth-order valence-corrected chi connectivity index (χ4v) is 2.63. The molecular weight excluding hydrogens is 316 g/mol. The molecule has 0 spiro atoms. The van der Waals surface area contributed by atoms with Gasteiger partial charge >= 0.3 is 5.97 Å². The highest BCUT2D eigenvalue weighted by Gasteiger charge is 2.21. The molecule has 3 aromatic rings. The number of esters is 1. The molecule has 3 rings (SSSR count). The normalized spacial score (nSPS) is 12.5. The van der Waals surface area contributed by atoms with Gasteiger partial charge in [-0.05, 0) is 32.6 Å². The molecular formula is C19H22N4O2. The lowest BCUT2D eigenvalue weighted by atomic mass is 10.1. The first-order valence-electron chi connectivity index (χ1n) is 8.26. The number of ether oxygens (including phenoxy) is 1. The third-order valence-electron chi connectivity index (χ3n) is 3.99. The molecule has 0 saturated heterocycles. The molecule has 0 N–H and O–H groups in total. The van der Waals surface area contributed by atoms with Crippen molar-refractivity contribution < 1.29 is 9.53 Å². The first-order chi connectivity index (χ1) is 12.0. The number of fused-ring (bicyclic) bond motifs is 1. The maximum atomic E-state index is 12.7. The molecule has 1 unspecified atom stereocenters. The van der Waals surface area contributed by atoms with Gasteiger partial charge in [0, 0.05) is 24.9 Å². The minimum Gasteiger partial charge on any atom is -0.454 e. The first-order valence-corrected chi connectivity index (χ1v) is 8.26. The van der Waals surface area contributed by atoms with Crippen molar-refractivity contribution in [1.82, 2.24) is 19.5 Å². The minimum absolute atomic E-state index is 0.309. The largest absolute Gasteiger partial charge is 0.454 e. The average Bonchev–Trinajstić information content (AvgIpc) is 3.02. The van der Waals surface area contributed by atoms with Crippen molar-refractivity contribution in [3.05, 3.63) is 65.6 Å². The molecule has 0 bridgehead atoms. The highest BCUT2D eigenvalue weighted by atomic mass is 16.5. The molecule has 2 heterocycles. The summed E-state index contributed by atoms with van der Waals surface area (Å²) in [5, 5.41) is 4.18. The van der Waals surface area contributed by atoms with Crippen LogP contribution in [-0.4, -0.2) is 46.1 Å². The third-order valence-corrected chi connectivity index (χ3v) is 3.99. The molecule has 0 saturated carbocycles. The zero-order valence-electron chi connectivity index (χ0n) is 14.7. The van der Waals surface area contributed by atoms with Crippen LogP contribution in [0.4, 0.5) is 0 Å². The van der Waals surface area contributed by atoms with Crippen molar-refractivity contribution in [2.75, 3.05) is 20.6 Å². The number of rotatable bonds is 6. The summed E-state index contributed by atoms with van der Waals surface area (Å²) in [7, 11) is 4.00. The standard InChI is InChI=1S/C19H22N4O2/c1-14-9-12-23-18(21-14)16(13-20-23)19(24)25-17(10-11-22(2)3)15-7-5-4-6-8-15/h4-9,12-13,17H,10-11H2,1-3H3. The van der Waals surface area contributed by atoms with E-state index < -0.39 is 5.97 Å². The monoisotopic (exact) mass is 338 g/mol. The van der Waals surface area contributed by atoms with Crippen molar-refractivity contribution >= 4 is 11.6 Å². The van der Waals surface area contributed by atoms with Gasteiger partial charge in [0.15, 0.2) is 5.65 Å². The van der Waals surface area contributed by atoms with Gasteiger partial charge in [-0.15, -0.1) is 0 Å². The van der Waals surface area contributed by atoms with Gasteiger partial charge in [-0.25, -0.2) is 14.3 Å². The topological polar surface area (TPSA) is 59.7 Å². The summed E-state index contributed by atoms with van der Waals surface area (Å²) in [5.74, 6) is -0.402. The lowest BCUT2D eigenvalue weighted by Crippen LogP contribution is -2.19. The number of carbonyl (C=O) groups excluding carboxylic acids is 1. The summed E-state index contributed by atoms with van der Waals surface area (Å²) in [4.78, 5) is 19.2. The number of hydrogen-bond acceptors (Lipinski definition) is 5. The predicted octanol–water partition coefficient (Wildman–Crippen LogP) is 2.89. The Morgan fingerprint density at radius 2 is 2.00 bits per heavy atom. The second-order valence-corrected chi connectivity index (χ2v) is 6.29. The highest BCUT2D eigenvalue weighted by molar-refractivity contribution is 5.95. The second-order valence-electron chi connectivity index (χ2n) is 6.29. The Morgan fingerprint density at radius 3 is 2.72 bits per heavy atom. The van der Waals surface area contributed by atoms with Gasteiger partial charge in [-0.3, -0.25) is 0 Å². The molecule has 1 atom stereocenters. The summed E-state index contributed by atoms with van der Waals surface area (Å²) in [6, 6.07) is 11.7. The van der Waals surface area contributed by atoms with Crippen molar-refractivity contribution in [1.29, 1.82) is 0 Å². The fourth-order valence-electron chi connectivity index (χ4n) is 2.63. The van der Waals surface area contributed by atoms with Crippen molar-refractivity contribution in [3.63, 3.8) is 0 Å². The summed E-state index contributed by atoms with van der Waals surface area (Å²) < 4.78 is 7.40. The highest BCUT2D eigenvalue weighted by Crippen LogP contribution is 2.23. The van der Waals surface area contributed by atoms with Gasteiger partial charge < -0.3 is 9.64 Å². The molecule has 1 aromatic carbocycles. The van der Waals surface area contributed by atoms with Crippen molar-refractivity contribution in [2.24, 2.45) is 0 Å². The average molecular weight is 338 g/mol. The van der Waals surface area contributed by atoms with E-state index in [2.05, 4.69) is 15.0 Å². The van der Waals surface area contributed by atoms with Crippen LogP contribution in [-0.2, 0) is 4.74 Å². The molecule has 0 aliphatic rings. The Balaban J connectivity index is 1.85. The fraction of sp³-hybridized carbons (Fsp3) is 0.316. The van der Waals surface area contributed by atoms with E-state index in [4.69, 9.17) is 4.74 Å². The Morgan fingerprint density at radius 1 is 1.24 bits per heavy atom. The van der Waals surface area contributed by atoms with Crippen LogP contribution in [0.1, 0.15) is 34.1 Å². The quantitative estimate of drug-likeness (QED) is 0.647. The number of aryl methyl sites for hydroxylation is 1. The maximum Gasteiger partial charge on any atom is 0.344 e. The SMILES string of the molecule is Cc1ccn2ncc(C(=O)OC(CCN(C)C)c3ccccc3)c2n1. The Bertz CT molecular complexity index is 858. The smallest absolute Gasteiger partial charge is 0.344 e. The van der Waals surface area contributed by atoms with Crippen LogP contribution < -0.4 is 0 Å². The van der Waals surface area contributed by atoms with Gasteiger partial charge in [0.25, 0.3) is 0 Å². The van der Waals surface area contributed by atoms with Crippen LogP contribution in [0.5, 0.6) is 0 Å². The molecule has 0 radical (unpaired) electrons. The van der Waals surface area contributed by atoms with Crippen LogP contribution >= 0.6 is 0 Å². The van der Waals surface area contributed by atoms with E-state index in [-0.39, 0.29) is 6.10 Å². The summed E-state index contributed by atoms with van der Waals surface area (Å²) in [6.45, 7) is 2.70. The molecule has 25 heavy (non-hydrogen) atoms. The zero-order valence-corrected chi connectivity index (χ0v) is 14.7. The van der Waals surface area contributed by atoms with Gasteiger partial charge in [0.05, 0.1) is 6.20 Å². The number of aromatic nitrogens is 3. The number of carbonyl (C=O) groups is 1. The summed E-state index contributed by atoms with van der Waals surface area (Å²) in [5.41, 5.74) is 2.71. The molecule has 6 nitrogen and oxygen atoms in total. The van der Waals surface area contributed by atoms with Crippen LogP contribution in [0.3, 0.4) is 0 Å². The van der Waals surface area contributed by atoms with E-state index in [0.29, 0.717) is 17.6 Å². The maximum absolute atomic E-state index is 12.7. The van der Waals surface area contributed by atoms with Crippen LogP contribution in [0.2, 0.25) is 0 Å². The Labute approximate surface area is 147 Å². The molecule has 0 aliphatic carbocycles. The van der Waals surface area contributed by atoms with E-state index in [9.17, 15) is 4.79 Å². The Hall–Kier alpha value is -2.73.